The first kappa shape index (κ1) is 22.5. The summed E-state index contributed by atoms with van der Waals surface area (Å²) in [5, 5.41) is 0. The summed E-state index contributed by atoms with van der Waals surface area (Å²) in [6.07, 6.45) is -4.41. The third kappa shape index (κ3) is 4.47. The lowest BCUT2D eigenvalue weighted by atomic mass is 9.97. The van der Waals surface area contributed by atoms with Gasteiger partial charge >= 0.3 is 6.18 Å². The minimum Gasteiger partial charge on any atom is -0.369 e. The van der Waals surface area contributed by atoms with Gasteiger partial charge in [0.1, 0.15) is 4.21 Å². The molecule has 2 fully saturated rings. The van der Waals surface area contributed by atoms with Crippen molar-refractivity contribution < 1.29 is 21.6 Å². The second kappa shape index (κ2) is 8.36. The number of piperazine rings is 1. The second-order valence-corrected chi connectivity index (χ2v) is 11.3. The van der Waals surface area contributed by atoms with Crippen molar-refractivity contribution >= 4 is 27.0 Å². The van der Waals surface area contributed by atoms with Crippen molar-refractivity contribution in [1.82, 2.24) is 15.2 Å². The molecule has 31 heavy (non-hydrogen) atoms. The van der Waals surface area contributed by atoms with E-state index in [1.54, 1.807) is 17.0 Å². The fourth-order valence-electron chi connectivity index (χ4n) is 3.94. The van der Waals surface area contributed by atoms with E-state index in [1.807, 2.05) is 6.07 Å². The van der Waals surface area contributed by atoms with Crippen molar-refractivity contribution in [2.75, 3.05) is 31.1 Å². The standard InChI is InChI=1S/C20H25F3N4O2S2/c1-13-14(2)24-25-19(13)17-6-7-18(30-17)31(28,29)27-10-8-26(9-11-27)16-5-3-4-15(12-16)20(21,22)23/h3-7,12-14,19,24-25H,8-11H2,1-2H3. The Balaban J connectivity index is 1.44. The Morgan fingerprint density at radius 3 is 2.35 bits per heavy atom. The molecule has 170 valence electrons. The molecular formula is C20H25F3N4O2S2. The number of halogens is 3. The maximum absolute atomic E-state index is 13.1. The summed E-state index contributed by atoms with van der Waals surface area (Å²) in [6.45, 7) is 5.31. The van der Waals surface area contributed by atoms with Gasteiger partial charge < -0.3 is 4.90 Å². The van der Waals surface area contributed by atoms with E-state index >= 15 is 0 Å². The summed E-state index contributed by atoms with van der Waals surface area (Å²) in [5.74, 6) is 0.324. The van der Waals surface area contributed by atoms with E-state index in [1.165, 1.54) is 21.7 Å². The van der Waals surface area contributed by atoms with Gasteiger partial charge in [0.05, 0.1) is 11.6 Å². The molecule has 2 aromatic rings. The van der Waals surface area contributed by atoms with Crippen LogP contribution in [0.2, 0.25) is 0 Å². The fraction of sp³-hybridized carbons (Fsp3) is 0.500. The SMILES string of the molecule is CC1NNC(c2ccc(S(=O)(=O)N3CCN(c4cccc(C(F)(F)F)c4)CC3)s2)C1C. The number of hydrogen-bond acceptors (Lipinski definition) is 6. The normalized spacial score (nSPS) is 25.8. The third-order valence-corrected chi connectivity index (χ3v) is 9.60. The zero-order valence-electron chi connectivity index (χ0n) is 17.2. The highest BCUT2D eigenvalue weighted by Crippen LogP contribution is 2.36. The van der Waals surface area contributed by atoms with Gasteiger partial charge in [-0.15, -0.1) is 11.3 Å². The molecule has 11 heteroatoms. The molecule has 0 spiro atoms. The maximum Gasteiger partial charge on any atom is 0.416 e. The molecule has 3 atom stereocenters. The Morgan fingerprint density at radius 1 is 1.03 bits per heavy atom. The molecule has 1 aromatic heterocycles. The summed E-state index contributed by atoms with van der Waals surface area (Å²) in [4.78, 5) is 2.75. The van der Waals surface area contributed by atoms with Crippen LogP contribution in [-0.2, 0) is 16.2 Å². The quantitative estimate of drug-likeness (QED) is 0.711. The Bertz CT molecular complexity index is 1030. The van der Waals surface area contributed by atoms with Crippen LogP contribution in [0, 0.1) is 5.92 Å². The minimum atomic E-state index is -4.41. The molecule has 0 bridgehead atoms. The van der Waals surface area contributed by atoms with E-state index in [0.717, 1.165) is 17.0 Å². The number of thiophene rings is 1. The number of anilines is 1. The number of alkyl halides is 3. The van der Waals surface area contributed by atoms with Gasteiger partial charge in [0, 0.05) is 42.8 Å². The number of nitrogens with one attached hydrogen (secondary N) is 2. The number of hydrogen-bond donors (Lipinski definition) is 2. The molecule has 0 aliphatic carbocycles. The zero-order valence-corrected chi connectivity index (χ0v) is 18.8. The molecular weight excluding hydrogens is 449 g/mol. The Morgan fingerprint density at radius 2 is 1.74 bits per heavy atom. The van der Waals surface area contributed by atoms with Crippen LogP contribution < -0.4 is 15.8 Å². The average Bonchev–Trinajstić information content (AvgIpc) is 3.35. The van der Waals surface area contributed by atoms with Crippen molar-refractivity contribution in [3.63, 3.8) is 0 Å². The fourth-order valence-corrected chi connectivity index (χ4v) is 7.01. The largest absolute Gasteiger partial charge is 0.416 e. The summed E-state index contributed by atoms with van der Waals surface area (Å²) in [5.41, 5.74) is 6.15. The van der Waals surface area contributed by atoms with Crippen molar-refractivity contribution in [2.24, 2.45) is 5.92 Å². The van der Waals surface area contributed by atoms with Gasteiger partial charge in [-0.3, -0.25) is 5.43 Å². The van der Waals surface area contributed by atoms with Crippen LogP contribution in [0.5, 0.6) is 0 Å². The molecule has 2 saturated heterocycles. The monoisotopic (exact) mass is 474 g/mol. The molecule has 0 saturated carbocycles. The van der Waals surface area contributed by atoms with Crippen LogP contribution in [0.1, 0.15) is 30.3 Å². The van der Waals surface area contributed by atoms with Crippen LogP contribution in [0.15, 0.2) is 40.6 Å². The van der Waals surface area contributed by atoms with Crippen LogP contribution in [-0.4, -0.2) is 44.9 Å². The minimum absolute atomic E-state index is 0.0571. The van der Waals surface area contributed by atoms with Crippen molar-refractivity contribution in [2.45, 2.75) is 36.3 Å². The smallest absolute Gasteiger partial charge is 0.369 e. The lowest BCUT2D eigenvalue weighted by Crippen LogP contribution is -2.48. The highest BCUT2D eigenvalue weighted by molar-refractivity contribution is 7.91. The number of hydrazine groups is 1. The second-order valence-electron chi connectivity index (χ2n) is 8.01. The molecule has 3 unspecified atom stereocenters. The molecule has 4 rings (SSSR count). The van der Waals surface area contributed by atoms with Crippen molar-refractivity contribution in [1.29, 1.82) is 0 Å². The average molecular weight is 475 g/mol. The molecule has 1 aromatic carbocycles. The van der Waals surface area contributed by atoms with E-state index < -0.39 is 21.8 Å². The Labute approximate surface area is 184 Å². The third-order valence-electron chi connectivity index (χ3n) is 6.06. The van der Waals surface area contributed by atoms with E-state index in [0.29, 0.717) is 28.9 Å². The van der Waals surface area contributed by atoms with E-state index in [-0.39, 0.29) is 25.2 Å². The van der Waals surface area contributed by atoms with Gasteiger partial charge in [-0.1, -0.05) is 13.0 Å². The molecule has 2 aliphatic rings. The van der Waals surface area contributed by atoms with Gasteiger partial charge in [-0.05, 0) is 43.2 Å². The van der Waals surface area contributed by atoms with E-state index in [2.05, 4.69) is 24.7 Å². The predicted octanol–water partition coefficient (Wildman–Crippen LogP) is 3.45. The predicted molar refractivity (Wildman–Crippen MR) is 114 cm³/mol. The molecule has 3 heterocycles. The number of rotatable bonds is 4. The van der Waals surface area contributed by atoms with Gasteiger partial charge in [0.25, 0.3) is 10.0 Å². The van der Waals surface area contributed by atoms with Crippen LogP contribution in [0.3, 0.4) is 0 Å². The van der Waals surface area contributed by atoms with E-state index in [4.69, 9.17) is 0 Å². The Hall–Kier alpha value is -1.66. The summed E-state index contributed by atoms with van der Waals surface area (Å²) >= 11 is 1.27. The summed E-state index contributed by atoms with van der Waals surface area (Å²) < 4.78 is 66.9. The van der Waals surface area contributed by atoms with Gasteiger partial charge in [0.2, 0.25) is 0 Å². The maximum atomic E-state index is 13.1. The van der Waals surface area contributed by atoms with Gasteiger partial charge in [0.15, 0.2) is 0 Å². The molecule has 2 aliphatic heterocycles. The highest BCUT2D eigenvalue weighted by Gasteiger charge is 2.35. The topological polar surface area (TPSA) is 64.7 Å². The number of nitrogens with zero attached hydrogens (tertiary/aromatic N) is 2. The molecule has 6 nitrogen and oxygen atoms in total. The number of benzene rings is 1. The summed E-state index contributed by atoms with van der Waals surface area (Å²) in [7, 11) is -3.64. The molecule has 0 amide bonds. The van der Waals surface area contributed by atoms with Crippen molar-refractivity contribution in [3.05, 3.63) is 46.8 Å². The molecule has 2 N–H and O–H groups in total. The van der Waals surface area contributed by atoms with Gasteiger partial charge in [-0.2, -0.15) is 17.5 Å². The van der Waals surface area contributed by atoms with Crippen molar-refractivity contribution in [3.8, 4) is 0 Å². The lowest BCUT2D eigenvalue weighted by molar-refractivity contribution is -0.137. The first-order valence-corrected chi connectivity index (χ1v) is 12.4. The van der Waals surface area contributed by atoms with Crippen LogP contribution >= 0.6 is 11.3 Å². The Kier molecular flexibility index (Phi) is 6.08. The van der Waals surface area contributed by atoms with Crippen LogP contribution in [0.4, 0.5) is 18.9 Å². The highest BCUT2D eigenvalue weighted by atomic mass is 32.2. The lowest BCUT2D eigenvalue weighted by Gasteiger charge is -2.35. The molecule has 0 radical (unpaired) electrons. The number of sulfonamides is 1. The zero-order chi connectivity index (χ0) is 22.4. The van der Waals surface area contributed by atoms with Gasteiger partial charge in [-0.25, -0.2) is 13.8 Å². The van der Waals surface area contributed by atoms with E-state index in [9.17, 15) is 21.6 Å². The first-order valence-electron chi connectivity index (χ1n) is 10.1. The first-order chi connectivity index (χ1) is 14.6. The summed E-state index contributed by atoms with van der Waals surface area (Å²) in [6, 6.07) is 8.99. The van der Waals surface area contributed by atoms with Crippen LogP contribution in [0.25, 0.3) is 0 Å².